The number of quaternary nitrogens is 1. The molecular weight excluding hydrogens is 248 g/mol. The second-order valence-corrected chi connectivity index (χ2v) is 6.53. The van der Waals surface area contributed by atoms with Crippen molar-refractivity contribution in [1.29, 1.82) is 0 Å². The normalized spacial score (nSPS) is 13.4. The van der Waals surface area contributed by atoms with Crippen LogP contribution >= 0.6 is 0 Å². The molecule has 0 amide bonds. The molecule has 0 radical (unpaired) electrons. The number of ether oxygens (including phenoxy) is 1. The quantitative estimate of drug-likeness (QED) is 0.779. The molecule has 108 valence electrons. The van der Waals surface area contributed by atoms with Gasteiger partial charge in [-0.25, -0.2) is 4.98 Å². The summed E-state index contributed by atoms with van der Waals surface area (Å²) in [6, 6.07) is 10.2. The van der Waals surface area contributed by atoms with E-state index in [-0.39, 0.29) is 6.10 Å². The van der Waals surface area contributed by atoms with Crippen LogP contribution in [0.25, 0.3) is 10.9 Å². The maximum absolute atomic E-state index is 5.98. The SMILES string of the molecule is Cc1cc(O[C@@H](C)CC[N+](C)(C)C)nc2ccccc12. The Morgan fingerprint density at radius 3 is 2.60 bits per heavy atom. The van der Waals surface area contributed by atoms with Crippen molar-refractivity contribution in [2.24, 2.45) is 0 Å². The summed E-state index contributed by atoms with van der Waals surface area (Å²) >= 11 is 0. The van der Waals surface area contributed by atoms with Crippen molar-refractivity contribution >= 4 is 10.9 Å². The average molecular weight is 273 g/mol. The third-order valence-electron chi connectivity index (χ3n) is 3.43. The van der Waals surface area contributed by atoms with Crippen molar-refractivity contribution in [2.45, 2.75) is 26.4 Å². The first-order chi connectivity index (χ1) is 9.35. The summed E-state index contributed by atoms with van der Waals surface area (Å²) in [7, 11) is 6.60. The predicted molar refractivity (Wildman–Crippen MR) is 84.1 cm³/mol. The lowest BCUT2D eigenvalue weighted by Crippen LogP contribution is -2.37. The minimum atomic E-state index is 0.181. The summed E-state index contributed by atoms with van der Waals surface area (Å²) < 4.78 is 6.93. The number of benzene rings is 1. The minimum Gasteiger partial charge on any atom is -0.474 e. The van der Waals surface area contributed by atoms with Crippen LogP contribution in [0, 0.1) is 6.92 Å². The Kier molecular flexibility index (Phi) is 4.29. The van der Waals surface area contributed by atoms with Crippen LogP contribution in [0.3, 0.4) is 0 Å². The van der Waals surface area contributed by atoms with Gasteiger partial charge in [0.2, 0.25) is 5.88 Å². The third kappa shape index (κ3) is 3.94. The van der Waals surface area contributed by atoms with Crippen molar-refractivity contribution in [1.82, 2.24) is 4.98 Å². The Balaban J connectivity index is 2.10. The molecule has 0 saturated heterocycles. The Labute approximate surface area is 121 Å². The zero-order valence-electron chi connectivity index (χ0n) is 13.2. The van der Waals surface area contributed by atoms with E-state index in [9.17, 15) is 0 Å². The van der Waals surface area contributed by atoms with E-state index in [1.165, 1.54) is 10.9 Å². The number of fused-ring (bicyclic) bond motifs is 1. The monoisotopic (exact) mass is 273 g/mol. The van der Waals surface area contributed by atoms with Gasteiger partial charge in [0.15, 0.2) is 0 Å². The molecule has 0 aliphatic heterocycles. The first-order valence-corrected chi connectivity index (χ1v) is 7.19. The molecule has 0 aliphatic rings. The number of hydrogen-bond acceptors (Lipinski definition) is 2. The van der Waals surface area contributed by atoms with Gasteiger partial charge in [-0.1, -0.05) is 18.2 Å². The lowest BCUT2D eigenvalue weighted by atomic mass is 10.1. The molecular formula is C17H25N2O+. The van der Waals surface area contributed by atoms with Gasteiger partial charge in [-0.05, 0) is 25.5 Å². The zero-order valence-corrected chi connectivity index (χ0v) is 13.2. The maximum atomic E-state index is 5.98. The second-order valence-electron chi connectivity index (χ2n) is 6.53. The third-order valence-corrected chi connectivity index (χ3v) is 3.43. The fraction of sp³-hybridized carbons (Fsp3) is 0.471. The van der Waals surface area contributed by atoms with Crippen molar-refractivity contribution in [3.8, 4) is 5.88 Å². The smallest absolute Gasteiger partial charge is 0.214 e. The molecule has 0 bridgehead atoms. The molecule has 1 heterocycles. The molecule has 3 heteroatoms. The summed E-state index contributed by atoms with van der Waals surface area (Å²) in [5, 5.41) is 1.19. The van der Waals surface area contributed by atoms with Crippen molar-refractivity contribution in [3.05, 3.63) is 35.9 Å². The molecule has 3 nitrogen and oxygen atoms in total. The summed E-state index contributed by atoms with van der Waals surface area (Å²) in [6.45, 7) is 5.31. The molecule has 1 aromatic carbocycles. The Bertz CT molecular complexity index is 587. The van der Waals surface area contributed by atoms with Crippen LogP contribution in [0.15, 0.2) is 30.3 Å². The van der Waals surface area contributed by atoms with Crippen molar-refractivity contribution in [3.63, 3.8) is 0 Å². The molecule has 0 aliphatic carbocycles. The molecule has 2 aromatic rings. The highest BCUT2D eigenvalue weighted by Gasteiger charge is 2.13. The van der Waals surface area contributed by atoms with Gasteiger partial charge in [0.25, 0.3) is 0 Å². The van der Waals surface area contributed by atoms with E-state index in [2.05, 4.69) is 46.0 Å². The summed E-state index contributed by atoms with van der Waals surface area (Å²) in [5.41, 5.74) is 2.21. The van der Waals surface area contributed by atoms with Crippen LogP contribution < -0.4 is 4.74 Å². The fourth-order valence-electron chi connectivity index (χ4n) is 2.21. The molecule has 0 spiro atoms. The van der Waals surface area contributed by atoms with Gasteiger partial charge in [0.1, 0.15) is 6.10 Å². The van der Waals surface area contributed by atoms with Crippen LogP contribution in [0.5, 0.6) is 5.88 Å². The minimum absolute atomic E-state index is 0.181. The molecule has 1 atom stereocenters. The molecule has 2 rings (SSSR count). The van der Waals surface area contributed by atoms with E-state index in [1.54, 1.807) is 0 Å². The van der Waals surface area contributed by atoms with Gasteiger partial charge in [-0.2, -0.15) is 0 Å². The highest BCUT2D eigenvalue weighted by Crippen LogP contribution is 2.22. The molecule has 0 unspecified atom stereocenters. The topological polar surface area (TPSA) is 22.1 Å². The Morgan fingerprint density at radius 2 is 1.90 bits per heavy atom. The van der Waals surface area contributed by atoms with Crippen LogP contribution in [0.2, 0.25) is 0 Å². The standard InChI is InChI=1S/C17H25N2O/c1-13-12-17(18-16-9-7-6-8-15(13)16)20-14(2)10-11-19(3,4)5/h6-9,12,14H,10-11H2,1-5H3/q+1/t14-/m0/s1. The van der Waals surface area contributed by atoms with Crippen LogP contribution in [0.4, 0.5) is 0 Å². The fourth-order valence-corrected chi connectivity index (χ4v) is 2.21. The Morgan fingerprint density at radius 1 is 1.20 bits per heavy atom. The van der Waals surface area contributed by atoms with Gasteiger partial charge in [-0.3, -0.25) is 0 Å². The molecule has 0 saturated carbocycles. The van der Waals surface area contributed by atoms with Gasteiger partial charge in [-0.15, -0.1) is 0 Å². The Hall–Kier alpha value is -1.61. The maximum Gasteiger partial charge on any atom is 0.214 e. The largest absolute Gasteiger partial charge is 0.474 e. The van der Waals surface area contributed by atoms with E-state index in [4.69, 9.17) is 4.74 Å². The van der Waals surface area contributed by atoms with Crippen LogP contribution in [-0.4, -0.2) is 43.3 Å². The van der Waals surface area contributed by atoms with E-state index in [0.717, 1.165) is 28.8 Å². The van der Waals surface area contributed by atoms with E-state index < -0.39 is 0 Å². The summed E-state index contributed by atoms with van der Waals surface area (Å²) in [6.07, 6.45) is 1.21. The number of aromatic nitrogens is 1. The second kappa shape index (κ2) is 5.80. The first-order valence-electron chi connectivity index (χ1n) is 7.19. The number of nitrogens with zero attached hydrogens (tertiary/aromatic N) is 2. The average Bonchev–Trinajstić information content (AvgIpc) is 2.36. The number of para-hydroxylation sites is 1. The molecule has 20 heavy (non-hydrogen) atoms. The number of aryl methyl sites for hydroxylation is 1. The van der Waals surface area contributed by atoms with E-state index in [0.29, 0.717) is 0 Å². The lowest BCUT2D eigenvalue weighted by Gasteiger charge is -2.25. The number of pyridine rings is 1. The summed E-state index contributed by atoms with van der Waals surface area (Å²) in [4.78, 5) is 4.59. The van der Waals surface area contributed by atoms with Crippen LogP contribution in [-0.2, 0) is 0 Å². The van der Waals surface area contributed by atoms with Crippen molar-refractivity contribution < 1.29 is 9.22 Å². The van der Waals surface area contributed by atoms with E-state index >= 15 is 0 Å². The van der Waals surface area contributed by atoms with Crippen molar-refractivity contribution in [2.75, 3.05) is 27.7 Å². The van der Waals surface area contributed by atoms with Gasteiger partial charge >= 0.3 is 0 Å². The van der Waals surface area contributed by atoms with E-state index in [1.807, 2.05) is 24.3 Å². The predicted octanol–water partition coefficient (Wildman–Crippen LogP) is 3.41. The molecule has 0 fully saturated rings. The van der Waals surface area contributed by atoms with Gasteiger partial charge in [0, 0.05) is 17.9 Å². The number of hydrogen-bond donors (Lipinski definition) is 0. The summed E-state index contributed by atoms with van der Waals surface area (Å²) in [5.74, 6) is 0.732. The highest BCUT2D eigenvalue weighted by molar-refractivity contribution is 5.82. The zero-order chi connectivity index (χ0) is 14.8. The van der Waals surface area contributed by atoms with Gasteiger partial charge < -0.3 is 9.22 Å². The highest BCUT2D eigenvalue weighted by atomic mass is 16.5. The number of rotatable bonds is 5. The molecule has 1 aromatic heterocycles. The van der Waals surface area contributed by atoms with Crippen LogP contribution in [0.1, 0.15) is 18.9 Å². The van der Waals surface area contributed by atoms with Gasteiger partial charge in [0.05, 0.1) is 33.2 Å². The molecule has 0 N–H and O–H groups in total. The first kappa shape index (κ1) is 14.8. The lowest BCUT2D eigenvalue weighted by molar-refractivity contribution is -0.870.